The molecule has 2 aromatic carbocycles. The number of piperazine rings is 1. The first kappa shape index (κ1) is 27.8. The molecule has 9 nitrogen and oxygen atoms in total. The molecule has 1 fully saturated rings. The summed E-state index contributed by atoms with van der Waals surface area (Å²) in [4.78, 5) is 38.0. The number of carbonyl (C=O) groups is 2. The second-order valence-electron chi connectivity index (χ2n) is 9.90. The van der Waals surface area contributed by atoms with Crippen molar-refractivity contribution in [2.75, 3.05) is 47.4 Å². The molecule has 1 unspecified atom stereocenters. The van der Waals surface area contributed by atoms with Gasteiger partial charge in [-0.2, -0.15) is 0 Å². The van der Waals surface area contributed by atoms with Gasteiger partial charge in [0.2, 0.25) is 5.91 Å². The number of aliphatic imine (C=N–C) groups is 1. The lowest BCUT2D eigenvalue weighted by Crippen LogP contribution is -2.47. The molecule has 3 aliphatic heterocycles. The summed E-state index contributed by atoms with van der Waals surface area (Å²) in [6, 6.07) is 14.5. The number of esters is 1. The monoisotopic (exact) mass is 562 g/mol. The minimum Gasteiger partial charge on any atom is -0.493 e. The van der Waals surface area contributed by atoms with E-state index in [-0.39, 0.29) is 18.9 Å². The van der Waals surface area contributed by atoms with E-state index >= 15 is 0 Å². The molecule has 210 valence electrons. The maximum Gasteiger partial charge on any atom is 0.338 e. The third-order valence-electron chi connectivity index (χ3n) is 7.35. The van der Waals surface area contributed by atoms with Gasteiger partial charge in [-0.1, -0.05) is 54.2 Å². The Morgan fingerprint density at radius 1 is 1.00 bits per heavy atom. The molecular formula is C30H34N4O5S. The van der Waals surface area contributed by atoms with Gasteiger partial charge in [-0.3, -0.25) is 4.79 Å². The average molecular weight is 563 g/mol. The molecule has 0 aliphatic carbocycles. The number of fused-ring (bicyclic) bond motifs is 1. The summed E-state index contributed by atoms with van der Waals surface area (Å²) in [6.45, 7) is 5.03. The van der Waals surface area contributed by atoms with Crippen LogP contribution >= 0.6 is 11.8 Å². The van der Waals surface area contributed by atoms with Crippen LogP contribution in [0.4, 0.5) is 0 Å². The van der Waals surface area contributed by atoms with Crippen molar-refractivity contribution in [2.24, 2.45) is 4.99 Å². The highest BCUT2D eigenvalue weighted by atomic mass is 32.2. The Morgan fingerprint density at radius 2 is 1.75 bits per heavy atom. The lowest BCUT2D eigenvalue weighted by atomic mass is 9.92. The molecule has 0 spiro atoms. The molecule has 10 heteroatoms. The zero-order valence-electron chi connectivity index (χ0n) is 23.3. The van der Waals surface area contributed by atoms with E-state index in [2.05, 4.69) is 11.9 Å². The minimum atomic E-state index is -0.623. The van der Waals surface area contributed by atoms with Gasteiger partial charge in [0, 0.05) is 37.4 Å². The number of benzene rings is 2. The van der Waals surface area contributed by atoms with Gasteiger partial charge in [-0.15, -0.1) is 0 Å². The first-order valence-electron chi connectivity index (χ1n) is 13.2. The minimum absolute atomic E-state index is 0.0528. The molecule has 0 N–H and O–H groups in total. The average Bonchev–Trinajstić information content (AvgIpc) is 3.37. The molecule has 2 aromatic rings. The van der Waals surface area contributed by atoms with Crippen molar-refractivity contribution in [3.05, 3.63) is 82.0 Å². The number of carbonyl (C=O) groups excluding carboxylic acids is 2. The first-order valence-corrected chi connectivity index (χ1v) is 14.1. The van der Waals surface area contributed by atoms with Gasteiger partial charge in [0.15, 0.2) is 16.7 Å². The molecule has 3 heterocycles. The summed E-state index contributed by atoms with van der Waals surface area (Å²) in [5, 5.41) is 2.66. The summed E-state index contributed by atoms with van der Waals surface area (Å²) in [7, 11) is 5.22. The van der Waals surface area contributed by atoms with Crippen molar-refractivity contribution in [3.63, 3.8) is 0 Å². The highest BCUT2D eigenvalue weighted by Gasteiger charge is 2.43. The van der Waals surface area contributed by atoms with Crippen molar-refractivity contribution >= 4 is 28.8 Å². The Kier molecular flexibility index (Phi) is 8.46. The molecule has 1 atom stereocenters. The van der Waals surface area contributed by atoms with Crippen LogP contribution in [0.1, 0.15) is 30.5 Å². The van der Waals surface area contributed by atoms with Crippen LogP contribution in [-0.4, -0.2) is 79.2 Å². The first-order chi connectivity index (χ1) is 19.4. The number of para-hydroxylation sites is 1. The van der Waals surface area contributed by atoms with Gasteiger partial charge in [0.1, 0.15) is 6.61 Å². The number of amides is 1. The summed E-state index contributed by atoms with van der Waals surface area (Å²) >= 11 is 1.45. The van der Waals surface area contributed by atoms with Gasteiger partial charge in [0.05, 0.1) is 38.0 Å². The topological polar surface area (TPSA) is 83.9 Å². The number of nitrogens with zero attached hydrogens (tertiary/aromatic N) is 4. The zero-order valence-corrected chi connectivity index (χ0v) is 24.1. The van der Waals surface area contributed by atoms with E-state index in [9.17, 15) is 9.59 Å². The lowest BCUT2D eigenvalue weighted by molar-refractivity contribution is -0.141. The number of allylic oxidation sites excluding steroid dienone is 1. The number of ether oxygens (including phenoxy) is 3. The number of methoxy groups -OCH3 is 2. The molecule has 1 saturated heterocycles. The van der Waals surface area contributed by atoms with Crippen LogP contribution in [-0.2, 0) is 20.9 Å². The van der Waals surface area contributed by atoms with Crippen molar-refractivity contribution in [1.29, 1.82) is 0 Å². The van der Waals surface area contributed by atoms with Gasteiger partial charge in [-0.25, -0.2) is 9.79 Å². The molecule has 0 saturated carbocycles. The standard InChI is InChI=1S/C30H34N4O5S/c1-20-26(29(36)39-18-21-9-6-5-7-10-21)27(23-11-8-12-24(37-3)28(23)38-4)34-22(19-40-30(34)31-20)17-25(35)33-15-13-32(2)14-16-33/h5-12,19,27H,13-18H2,1-4H3. The Hall–Kier alpha value is -3.76. The predicted molar refractivity (Wildman–Crippen MR) is 155 cm³/mol. The lowest BCUT2D eigenvalue weighted by Gasteiger charge is -2.38. The fraction of sp³-hybridized carbons (Fsp3) is 0.367. The maximum absolute atomic E-state index is 13.8. The molecule has 1 amide bonds. The van der Waals surface area contributed by atoms with E-state index in [1.165, 1.54) is 11.8 Å². The SMILES string of the molecule is COc1cccc(C2C(C(=O)OCc3ccccc3)=C(C)N=C3SC=C(CC(=O)N4CCN(C)CC4)N32)c1OC. The van der Waals surface area contributed by atoms with E-state index in [1.807, 2.05) is 70.7 Å². The van der Waals surface area contributed by atoms with E-state index in [0.29, 0.717) is 41.0 Å². The molecule has 0 radical (unpaired) electrons. The van der Waals surface area contributed by atoms with Crippen LogP contribution in [0.3, 0.4) is 0 Å². The molecule has 0 bridgehead atoms. The second kappa shape index (κ2) is 12.2. The number of thioether (sulfide) groups is 1. The Morgan fingerprint density at radius 3 is 2.45 bits per heavy atom. The van der Waals surface area contributed by atoms with Crippen molar-refractivity contribution < 1.29 is 23.8 Å². The summed E-state index contributed by atoms with van der Waals surface area (Å²) in [6.07, 6.45) is 0.198. The molecular weight excluding hydrogens is 528 g/mol. The van der Waals surface area contributed by atoms with Gasteiger partial charge in [0.25, 0.3) is 0 Å². The highest BCUT2D eigenvalue weighted by molar-refractivity contribution is 8.16. The molecule has 3 aliphatic rings. The molecule has 40 heavy (non-hydrogen) atoms. The number of amidine groups is 1. The van der Waals surface area contributed by atoms with Crippen molar-refractivity contribution in [1.82, 2.24) is 14.7 Å². The van der Waals surface area contributed by atoms with Crippen LogP contribution in [0, 0.1) is 0 Å². The zero-order chi connectivity index (χ0) is 28.2. The van der Waals surface area contributed by atoms with E-state index in [4.69, 9.17) is 19.2 Å². The van der Waals surface area contributed by atoms with E-state index in [0.717, 1.165) is 29.9 Å². The van der Waals surface area contributed by atoms with E-state index in [1.54, 1.807) is 14.2 Å². The van der Waals surface area contributed by atoms with Gasteiger partial charge < -0.3 is 28.9 Å². The summed E-state index contributed by atoms with van der Waals surface area (Å²) in [5.74, 6) is 0.640. The van der Waals surface area contributed by atoms with Crippen LogP contribution in [0.2, 0.25) is 0 Å². The van der Waals surface area contributed by atoms with Crippen molar-refractivity contribution in [2.45, 2.75) is 26.0 Å². The third-order valence-corrected chi connectivity index (χ3v) is 8.24. The molecule has 0 aromatic heterocycles. The fourth-order valence-corrected chi connectivity index (χ4v) is 6.14. The van der Waals surface area contributed by atoms with Crippen LogP contribution in [0.5, 0.6) is 11.5 Å². The Balaban J connectivity index is 1.50. The number of hydrogen-bond acceptors (Lipinski definition) is 9. The largest absolute Gasteiger partial charge is 0.493 e. The highest BCUT2D eigenvalue weighted by Crippen LogP contribution is 2.48. The Bertz CT molecular complexity index is 1370. The normalized spacial score (nSPS) is 19.1. The number of likely N-dealkylation sites (N-methyl/N-ethyl adjacent to an activating group) is 1. The summed E-state index contributed by atoms with van der Waals surface area (Å²) < 4.78 is 17.2. The van der Waals surface area contributed by atoms with Crippen molar-refractivity contribution in [3.8, 4) is 11.5 Å². The fourth-order valence-electron chi connectivity index (χ4n) is 5.18. The quantitative estimate of drug-likeness (QED) is 0.443. The third kappa shape index (κ3) is 5.59. The molecule has 5 rings (SSSR count). The summed E-state index contributed by atoms with van der Waals surface area (Å²) in [5.41, 5.74) is 3.35. The number of hydrogen-bond donors (Lipinski definition) is 0. The van der Waals surface area contributed by atoms with Crippen LogP contribution < -0.4 is 9.47 Å². The maximum atomic E-state index is 13.8. The predicted octanol–water partition coefficient (Wildman–Crippen LogP) is 4.19. The Labute approximate surface area is 239 Å². The smallest absolute Gasteiger partial charge is 0.338 e. The van der Waals surface area contributed by atoms with Crippen LogP contribution in [0.15, 0.2) is 75.9 Å². The van der Waals surface area contributed by atoms with Crippen LogP contribution in [0.25, 0.3) is 0 Å². The number of rotatable bonds is 8. The van der Waals surface area contributed by atoms with Gasteiger partial charge in [-0.05, 0) is 31.0 Å². The van der Waals surface area contributed by atoms with E-state index < -0.39 is 12.0 Å². The van der Waals surface area contributed by atoms with Gasteiger partial charge >= 0.3 is 5.97 Å². The second-order valence-corrected chi connectivity index (χ2v) is 10.7.